The van der Waals surface area contributed by atoms with Crippen molar-refractivity contribution in [3.63, 3.8) is 0 Å². The van der Waals surface area contributed by atoms with Gasteiger partial charge in [-0.2, -0.15) is 5.26 Å². The molecule has 0 unspecified atom stereocenters. The molecule has 0 atom stereocenters. The number of urea groups is 1. The third kappa shape index (κ3) is 5.25. The Morgan fingerprint density at radius 1 is 1.32 bits per heavy atom. The van der Waals surface area contributed by atoms with E-state index in [0.717, 1.165) is 25.3 Å². The van der Waals surface area contributed by atoms with Crippen molar-refractivity contribution in [3.05, 3.63) is 47.5 Å². The van der Waals surface area contributed by atoms with Crippen LogP contribution in [-0.2, 0) is 13.0 Å². The van der Waals surface area contributed by atoms with E-state index in [4.69, 9.17) is 5.26 Å². The van der Waals surface area contributed by atoms with Crippen molar-refractivity contribution in [2.24, 2.45) is 5.92 Å². The van der Waals surface area contributed by atoms with E-state index in [1.807, 2.05) is 6.07 Å². The normalized spacial score (nSPS) is 14.7. The zero-order chi connectivity index (χ0) is 19.9. The quantitative estimate of drug-likeness (QED) is 0.824. The van der Waals surface area contributed by atoms with Gasteiger partial charge < -0.3 is 10.2 Å². The minimum atomic E-state index is -0.560. The van der Waals surface area contributed by atoms with Crippen molar-refractivity contribution in [1.82, 2.24) is 25.0 Å². The average Bonchev–Trinajstić information content (AvgIpc) is 3.15. The number of benzene rings is 1. The van der Waals surface area contributed by atoms with Crippen molar-refractivity contribution in [3.8, 4) is 6.07 Å². The van der Waals surface area contributed by atoms with Crippen LogP contribution in [0.4, 0.5) is 13.6 Å². The minimum absolute atomic E-state index is 0.105. The standard InChI is InChI=1S/C19H22F2N6O/c20-16-4-3-15(17(21)11-16)2-1-14-5-8-26(9-6-14)19(28)23-7-10-27-13-24-18(12-22)25-27/h3-4,11,13-14H,1-2,5-10H2,(H,23,28). The van der Waals surface area contributed by atoms with E-state index in [1.165, 1.54) is 23.1 Å². The maximum absolute atomic E-state index is 13.7. The summed E-state index contributed by atoms with van der Waals surface area (Å²) in [5.74, 6) is -0.525. The lowest BCUT2D eigenvalue weighted by molar-refractivity contribution is 0.168. The van der Waals surface area contributed by atoms with Gasteiger partial charge in [-0.25, -0.2) is 23.2 Å². The number of halogens is 2. The fraction of sp³-hybridized carbons (Fsp3) is 0.474. The van der Waals surface area contributed by atoms with E-state index in [9.17, 15) is 13.6 Å². The fourth-order valence-corrected chi connectivity index (χ4v) is 3.35. The van der Waals surface area contributed by atoms with Gasteiger partial charge >= 0.3 is 6.03 Å². The summed E-state index contributed by atoms with van der Waals surface area (Å²) in [5.41, 5.74) is 0.536. The molecule has 1 saturated heterocycles. The molecule has 3 rings (SSSR count). The molecule has 1 fully saturated rings. The topological polar surface area (TPSA) is 86.8 Å². The summed E-state index contributed by atoms with van der Waals surface area (Å²) in [6.07, 6.45) is 4.59. The van der Waals surface area contributed by atoms with Crippen molar-refractivity contribution in [2.75, 3.05) is 19.6 Å². The first-order valence-corrected chi connectivity index (χ1v) is 9.31. The Balaban J connectivity index is 1.36. The number of hydrogen-bond acceptors (Lipinski definition) is 4. The number of amides is 2. The molecule has 0 radical (unpaired) electrons. The van der Waals surface area contributed by atoms with E-state index < -0.39 is 11.6 Å². The molecule has 0 saturated carbocycles. The summed E-state index contributed by atoms with van der Waals surface area (Å²) in [5, 5.41) is 15.5. The molecule has 2 aromatic rings. The molecule has 1 aromatic carbocycles. The smallest absolute Gasteiger partial charge is 0.317 e. The summed E-state index contributed by atoms with van der Waals surface area (Å²) in [4.78, 5) is 17.8. The number of nitrogens with zero attached hydrogens (tertiary/aromatic N) is 5. The highest BCUT2D eigenvalue weighted by atomic mass is 19.1. The lowest BCUT2D eigenvalue weighted by Gasteiger charge is -2.32. The number of nitriles is 1. The molecular weight excluding hydrogens is 366 g/mol. The second-order valence-electron chi connectivity index (χ2n) is 6.88. The number of carbonyl (C=O) groups is 1. The molecule has 0 bridgehead atoms. The van der Waals surface area contributed by atoms with Gasteiger partial charge in [0.15, 0.2) is 0 Å². The average molecular weight is 388 g/mol. The summed E-state index contributed by atoms with van der Waals surface area (Å²) in [6, 6.07) is 5.44. The number of carbonyl (C=O) groups excluding carboxylic acids is 1. The zero-order valence-electron chi connectivity index (χ0n) is 15.4. The van der Waals surface area contributed by atoms with E-state index in [-0.39, 0.29) is 11.9 Å². The van der Waals surface area contributed by atoms with Gasteiger partial charge in [-0.1, -0.05) is 6.07 Å². The molecule has 1 aliphatic rings. The van der Waals surface area contributed by atoms with Crippen LogP contribution in [0.15, 0.2) is 24.5 Å². The molecule has 1 N–H and O–H groups in total. The van der Waals surface area contributed by atoms with Gasteiger partial charge in [0.2, 0.25) is 0 Å². The molecule has 9 heteroatoms. The van der Waals surface area contributed by atoms with Crippen molar-refractivity contribution in [2.45, 2.75) is 32.2 Å². The van der Waals surface area contributed by atoms with E-state index in [2.05, 4.69) is 15.4 Å². The summed E-state index contributed by atoms with van der Waals surface area (Å²) in [7, 11) is 0. The van der Waals surface area contributed by atoms with E-state index >= 15 is 0 Å². The molecule has 2 amide bonds. The first-order chi connectivity index (χ1) is 13.5. The molecule has 1 aromatic heterocycles. The van der Waals surface area contributed by atoms with E-state index in [1.54, 1.807) is 4.90 Å². The van der Waals surface area contributed by atoms with Crippen LogP contribution in [0.1, 0.15) is 30.7 Å². The predicted octanol–water partition coefficient (Wildman–Crippen LogP) is 2.48. The number of aromatic nitrogens is 3. The maximum atomic E-state index is 13.7. The SMILES string of the molecule is N#Cc1ncn(CCNC(=O)N2CCC(CCc3ccc(F)cc3F)CC2)n1. The van der Waals surface area contributed by atoms with Gasteiger partial charge in [0, 0.05) is 25.7 Å². The molecule has 0 aliphatic carbocycles. The highest BCUT2D eigenvalue weighted by molar-refractivity contribution is 5.74. The number of rotatable bonds is 6. The van der Waals surface area contributed by atoms with Gasteiger partial charge in [-0.3, -0.25) is 0 Å². The van der Waals surface area contributed by atoms with Crippen LogP contribution in [0, 0.1) is 28.9 Å². The van der Waals surface area contributed by atoms with Gasteiger partial charge in [0.1, 0.15) is 24.0 Å². The van der Waals surface area contributed by atoms with Crippen LogP contribution < -0.4 is 5.32 Å². The second kappa shape index (κ2) is 9.26. The van der Waals surface area contributed by atoms with Gasteiger partial charge in [-0.05, 0) is 43.2 Å². The van der Waals surface area contributed by atoms with Crippen LogP contribution in [0.2, 0.25) is 0 Å². The second-order valence-corrected chi connectivity index (χ2v) is 6.88. The Hall–Kier alpha value is -3.02. The van der Waals surface area contributed by atoms with Crippen LogP contribution in [0.25, 0.3) is 0 Å². The first kappa shape index (κ1) is 19.7. The molecule has 0 spiro atoms. The highest BCUT2D eigenvalue weighted by Gasteiger charge is 2.22. The van der Waals surface area contributed by atoms with Gasteiger partial charge in [-0.15, -0.1) is 5.10 Å². The number of piperidine rings is 1. The molecule has 1 aliphatic heterocycles. The number of aryl methyl sites for hydroxylation is 1. The molecule has 2 heterocycles. The third-order valence-corrected chi connectivity index (χ3v) is 4.99. The molecule has 28 heavy (non-hydrogen) atoms. The molecule has 148 valence electrons. The zero-order valence-corrected chi connectivity index (χ0v) is 15.4. The van der Waals surface area contributed by atoms with E-state index in [0.29, 0.717) is 44.1 Å². The van der Waals surface area contributed by atoms with Crippen molar-refractivity contribution < 1.29 is 13.6 Å². The number of likely N-dealkylation sites (tertiary alicyclic amines) is 1. The molecule has 7 nitrogen and oxygen atoms in total. The Bertz CT molecular complexity index is 854. The Morgan fingerprint density at radius 2 is 2.11 bits per heavy atom. The summed E-state index contributed by atoms with van der Waals surface area (Å²) >= 11 is 0. The first-order valence-electron chi connectivity index (χ1n) is 9.31. The minimum Gasteiger partial charge on any atom is -0.336 e. The Kier molecular flexibility index (Phi) is 6.53. The molecular formula is C19H22F2N6O. The van der Waals surface area contributed by atoms with Crippen molar-refractivity contribution in [1.29, 1.82) is 5.26 Å². The third-order valence-electron chi connectivity index (χ3n) is 4.99. The van der Waals surface area contributed by atoms with Crippen LogP contribution >= 0.6 is 0 Å². The maximum Gasteiger partial charge on any atom is 0.317 e. The van der Waals surface area contributed by atoms with Crippen LogP contribution in [-0.4, -0.2) is 45.3 Å². The lowest BCUT2D eigenvalue weighted by Crippen LogP contribution is -2.45. The van der Waals surface area contributed by atoms with Crippen LogP contribution in [0.5, 0.6) is 0 Å². The largest absolute Gasteiger partial charge is 0.336 e. The highest BCUT2D eigenvalue weighted by Crippen LogP contribution is 2.23. The lowest BCUT2D eigenvalue weighted by atomic mass is 9.90. The summed E-state index contributed by atoms with van der Waals surface area (Å²) < 4.78 is 28.2. The number of nitrogens with one attached hydrogen (secondary N) is 1. The summed E-state index contributed by atoms with van der Waals surface area (Å²) in [6.45, 7) is 2.16. The fourth-order valence-electron chi connectivity index (χ4n) is 3.35. The Morgan fingerprint density at radius 3 is 2.79 bits per heavy atom. The predicted molar refractivity (Wildman–Crippen MR) is 97.1 cm³/mol. The monoisotopic (exact) mass is 388 g/mol. The van der Waals surface area contributed by atoms with Gasteiger partial charge in [0.05, 0.1) is 6.54 Å². The number of hydrogen-bond donors (Lipinski definition) is 1. The Labute approximate surface area is 162 Å². The van der Waals surface area contributed by atoms with Crippen molar-refractivity contribution >= 4 is 6.03 Å². The van der Waals surface area contributed by atoms with Gasteiger partial charge in [0.25, 0.3) is 5.82 Å². The van der Waals surface area contributed by atoms with Crippen LogP contribution in [0.3, 0.4) is 0 Å².